The van der Waals surface area contributed by atoms with Crippen LogP contribution in [0.3, 0.4) is 0 Å². The molecular formula is C20H19NO5S. The van der Waals surface area contributed by atoms with Crippen molar-refractivity contribution < 1.29 is 22.4 Å². The van der Waals surface area contributed by atoms with E-state index in [-0.39, 0.29) is 17.1 Å². The number of sulfone groups is 1. The molecule has 0 unspecified atom stereocenters. The highest BCUT2D eigenvalue weighted by Crippen LogP contribution is 2.22. The summed E-state index contributed by atoms with van der Waals surface area (Å²) < 4.78 is 34.4. The zero-order valence-electron chi connectivity index (χ0n) is 15.2. The molecule has 6 nitrogen and oxygen atoms in total. The summed E-state index contributed by atoms with van der Waals surface area (Å²) >= 11 is 0. The highest BCUT2D eigenvalue weighted by molar-refractivity contribution is 7.90. The Bertz CT molecular complexity index is 1080. The van der Waals surface area contributed by atoms with Crippen LogP contribution in [-0.2, 0) is 21.2 Å². The molecule has 140 valence electrons. The predicted octanol–water partition coefficient (Wildman–Crippen LogP) is 3.72. The minimum atomic E-state index is -3.41. The molecule has 0 aliphatic carbocycles. The first-order valence-corrected chi connectivity index (χ1v) is 10.1. The molecular weight excluding hydrogens is 366 g/mol. The van der Waals surface area contributed by atoms with Crippen LogP contribution in [0.15, 0.2) is 57.8 Å². The van der Waals surface area contributed by atoms with Crippen LogP contribution in [0.5, 0.6) is 0 Å². The summed E-state index contributed by atoms with van der Waals surface area (Å²) in [6, 6.07) is 13.8. The smallest absolute Gasteiger partial charge is 0.338 e. The number of rotatable bonds is 5. The van der Waals surface area contributed by atoms with Crippen LogP contribution in [0.4, 0.5) is 0 Å². The molecule has 0 radical (unpaired) electrons. The number of aromatic nitrogens is 1. The first kappa shape index (κ1) is 18.8. The number of hydrogen-bond donors (Lipinski definition) is 0. The molecule has 0 fully saturated rings. The Labute approximate surface area is 157 Å². The molecule has 0 saturated heterocycles. The second-order valence-corrected chi connectivity index (χ2v) is 8.23. The number of benzene rings is 2. The van der Waals surface area contributed by atoms with Gasteiger partial charge in [0.25, 0.3) is 0 Å². The van der Waals surface area contributed by atoms with Crippen LogP contribution in [0, 0.1) is 13.8 Å². The third-order valence-electron chi connectivity index (χ3n) is 4.11. The zero-order chi connectivity index (χ0) is 19.6. The number of carbonyl (C=O) groups excluding carboxylic acids is 1. The fraction of sp³-hybridized carbons (Fsp3) is 0.200. The van der Waals surface area contributed by atoms with Crippen LogP contribution in [0.1, 0.15) is 27.4 Å². The molecule has 7 heteroatoms. The van der Waals surface area contributed by atoms with Gasteiger partial charge in [0.1, 0.15) is 18.1 Å². The maximum Gasteiger partial charge on any atom is 0.338 e. The first-order chi connectivity index (χ1) is 12.8. The summed E-state index contributed by atoms with van der Waals surface area (Å²) in [6.45, 7) is 3.40. The molecule has 27 heavy (non-hydrogen) atoms. The fourth-order valence-corrected chi connectivity index (χ4v) is 3.18. The van der Waals surface area contributed by atoms with E-state index in [1.165, 1.54) is 12.1 Å². The van der Waals surface area contributed by atoms with E-state index >= 15 is 0 Å². The van der Waals surface area contributed by atoms with Gasteiger partial charge in [-0.2, -0.15) is 0 Å². The number of ether oxygens (including phenoxy) is 1. The number of carbonyl (C=O) groups is 1. The number of hydrogen-bond acceptors (Lipinski definition) is 6. The van der Waals surface area contributed by atoms with Gasteiger partial charge in [-0.3, -0.25) is 0 Å². The lowest BCUT2D eigenvalue weighted by atomic mass is 10.1. The molecule has 1 aromatic heterocycles. The maximum atomic E-state index is 12.4. The lowest BCUT2D eigenvalue weighted by molar-refractivity contribution is 0.0465. The molecule has 0 saturated carbocycles. The summed E-state index contributed by atoms with van der Waals surface area (Å²) in [4.78, 5) is 16.9. The van der Waals surface area contributed by atoms with Gasteiger partial charge in [-0.25, -0.2) is 18.2 Å². The monoisotopic (exact) mass is 385 g/mol. The van der Waals surface area contributed by atoms with E-state index in [1.807, 2.05) is 30.3 Å². The molecule has 3 rings (SSSR count). The van der Waals surface area contributed by atoms with Crippen molar-refractivity contribution in [2.24, 2.45) is 0 Å². The highest BCUT2D eigenvalue weighted by Gasteiger charge is 2.18. The van der Waals surface area contributed by atoms with Crippen molar-refractivity contribution >= 4 is 15.8 Å². The van der Waals surface area contributed by atoms with Gasteiger partial charge in [0, 0.05) is 11.8 Å². The van der Waals surface area contributed by atoms with Crippen LogP contribution >= 0.6 is 0 Å². The van der Waals surface area contributed by atoms with Gasteiger partial charge in [-0.05, 0) is 43.7 Å². The number of oxazole rings is 1. The van der Waals surface area contributed by atoms with Gasteiger partial charge < -0.3 is 9.15 Å². The molecule has 0 aliphatic rings. The van der Waals surface area contributed by atoms with Crippen molar-refractivity contribution in [1.29, 1.82) is 0 Å². The number of aryl methyl sites for hydroxylation is 2. The Morgan fingerprint density at radius 1 is 1.11 bits per heavy atom. The van der Waals surface area contributed by atoms with Crippen molar-refractivity contribution in [3.8, 4) is 11.5 Å². The van der Waals surface area contributed by atoms with Gasteiger partial charge >= 0.3 is 5.97 Å². The van der Waals surface area contributed by atoms with Gasteiger partial charge in [-0.1, -0.05) is 24.3 Å². The fourth-order valence-electron chi connectivity index (χ4n) is 2.53. The molecule has 0 N–H and O–H groups in total. The summed E-state index contributed by atoms with van der Waals surface area (Å²) in [6.07, 6.45) is 1.09. The second kappa shape index (κ2) is 7.36. The highest BCUT2D eigenvalue weighted by atomic mass is 32.2. The van der Waals surface area contributed by atoms with Crippen molar-refractivity contribution in [2.75, 3.05) is 6.26 Å². The van der Waals surface area contributed by atoms with E-state index < -0.39 is 15.8 Å². The Balaban J connectivity index is 1.78. The minimum Gasteiger partial charge on any atom is -0.455 e. The van der Waals surface area contributed by atoms with Crippen molar-refractivity contribution in [2.45, 2.75) is 25.3 Å². The predicted molar refractivity (Wildman–Crippen MR) is 100 cm³/mol. The van der Waals surface area contributed by atoms with Crippen molar-refractivity contribution in [3.63, 3.8) is 0 Å². The largest absolute Gasteiger partial charge is 0.455 e. The van der Waals surface area contributed by atoms with Gasteiger partial charge in [-0.15, -0.1) is 0 Å². The molecule has 2 aromatic carbocycles. The Hall–Kier alpha value is -2.93. The average molecular weight is 385 g/mol. The summed E-state index contributed by atoms with van der Waals surface area (Å²) in [5, 5.41) is 0. The Kier molecular flexibility index (Phi) is 5.14. The van der Waals surface area contributed by atoms with E-state index in [0.717, 1.165) is 11.8 Å². The van der Waals surface area contributed by atoms with Crippen LogP contribution in [-0.4, -0.2) is 25.6 Å². The topological polar surface area (TPSA) is 86.5 Å². The summed E-state index contributed by atoms with van der Waals surface area (Å²) in [7, 11) is -3.41. The summed E-state index contributed by atoms with van der Waals surface area (Å²) in [5.74, 6) is 0.402. The normalized spacial score (nSPS) is 11.4. The second-order valence-electron chi connectivity index (χ2n) is 6.21. The zero-order valence-corrected chi connectivity index (χ0v) is 16.0. The quantitative estimate of drug-likeness (QED) is 0.622. The standard InChI is InChI=1S/C20H19NO5S/c1-13-9-10-16(27(3,23)24)11-17(13)20(22)25-12-18-14(2)26-19(21-18)15-7-5-4-6-8-15/h4-11H,12H2,1-3H3. The molecule has 0 aliphatic heterocycles. The van der Waals surface area contributed by atoms with Crippen LogP contribution in [0.25, 0.3) is 11.5 Å². The minimum absolute atomic E-state index is 0.0659. The van der Waals surface area contributed by atoms with E-state index in [1.54, 1.807) is 19.9 Å². The van der Waals surface area contributed by atoms with E-state index in [9.17, 15) is 13.2 Å². The molecule has 0 bridgehead atoms. The van der Waals surface area contributed by atoms with E-state index in [4.69, 9.17) is 9.15 Å². The Morgan fingerprint density at radius 3 is 2.48 bits per heavy atom. The maximum absolute atomic E-state index is 12.4. The Morgan fingerprint density at radius 2 is 1.81 bits per heavy atom. The van der Waals surface area contributed by atoms with E-state index in [2.05, 4.69) is 4.98 Å². The van der Waals surface area contributed by atoms with Crippen molar-refractivity contribution in [3.05, 3.63) is 71.1 Å². The number of nitrogens with zero attached hydrogens (tertiary/aromatic N) is 1. The molecule has 0 spiro atoms. The van der Waals surface area contributed by atoms with Crippen molar-refractivity contribution in [1.82, 2.24) is 4.98 Å². The molecule has 1 heterocycles. The van der Waals surface area contributed by atoms with Crippen LogP contribution < -0.4 is 0 Å². The molecule has 0 amide bonds. The van der Waals surface area contributed by atoms with E-state index in [0.29, 0.717) is 22.9 Å². The molecule has 0 atom stereocenters. The van der Waals surface area contributed by atoms with Gasteiger partial charge in [0.15, 0.2) is 9.84 Å². The lowest BCUT2D eigenvalue weighted by Crippen LogP contribution is -2.09. The lowest BCUT2D eigenvalue weighted by Gasteiger charge is -2.08. The molecule has 3 aromatic rings. The van der Waals surface area contributed by atoms with Gasteiger partial charge in [0.05, 0.1) is 10.5 Å². The SMILES string of the molecule is Cc1ccc(S(C)(=O)=O)cc1C(=O)OCc1nc(-c2ccccc2)oc1C. The summed E-state index contributed by atoms with van der Waals surface area (Å²) in [5.41, 5.74) is 2.19. The van der Waals surface area contributed by atoms with Gasteiger partial charge in [0.2, 0.25) is 5.89 Å². The number of esters is 1. The first-order valence-electron chi connectivity index (χ1n) is 8.25. The average Bonchev–Trinajstić information content (AvgIpc) is 3.00. The third-order valence-corrected chi connectivity index (χ3v) is 5.22. The van der Waals surface area contributed by atoms with Crippen LogP contribution in [0.2, 0.25) is 0 Å². The third kappa shape index (κ3) is 4.25.